The number of unbranched alkanes of at least 4 members (excludes halogenated alkanes) is 12. The van der Waals surface area contributed by atoms with Gasteiger partial charge < -0.3 is 19.5 Å². The molecule has 50 heavy (non-hydrogen) atoms. The molecule has 1 aliphatic rings. The second-order valence-electron chi connectivity index (χ2n) is 16.9. The van der Waals surface area contributed by atoms with Gasteiger partial charge in [0.15, 0.2) is 0 Å². The van der Waals surface area contributed by atoms with Gasteiger partial charge in [-0.15, -0.1) is 0 Å². The van der Waals surface area contributed by atoms with Crippen LogP contribution in [0.2, 0.25) is 0 Å². The first-order chi connectivity index (χ1) is 24.2. The number of aliphatic hydroxyl groups is 1. The Labute approximate surface area is 311 Å². The van der Waals surface area contributed by atoms with Gasteiger partial charge in [-0.05, 0) is 94.0 Å². The fourth-order valence-corrected chi connectivity index (χ4v) is 7.46. The average molecular weight is 708 g/mol. The monoisotopic (exact) mass is 708 g/mol. The molecule has 0 aliphatic heterocycles. The molecule has 0 saturated heterocycles. The van der Waals surface area contributed by atoms with Crippen LogP contribution in [0.5, 0.6) is 0 Å². The number of hydrogen-bond donors (Lipinski definition) is 1. The first kappa shape index (κ1) is 46.9. The lowest BCUT2D eigenvalue weighted by Gasteiger charge is -2.25. The van der Waals surface area contributed by atoms with Crippen LogP contribution in [0.15, 0.2) is 0 Å². The van der Waals surface area contributed by atoms with Crippen molar-refractivity contribution in [1.82, 2.24) is 4.90 Å². The Morgan fingerprint density at radius 1 is 0.640 bits per heavy atom. The molecule has 1 rings (SSSR count). The van der Waals surface area contributed by atoms with Gasteiger partial charge in [0.2, 0.25) is 0 Å². The van der Waals surface area contributed by atoms with Crippen LogP contribution in [0.1, 0.15) is 214 Å². The molecule has 296 valence electrons. The minimum atomic E-state index is -0.0360. The summed E-state index contributed by atoms with van der Waals surface area (Å²) in [5.41, 5.74) is 0.392. The lowest BCUT2D eigenvalue weighted by atomic mass is 9.88. The summed E-state index contributed by atoms with van der Waals surface area (Å²) in [7, 11) is 0. The van der Waals surface area contributed by atoms with Crippen LogP contribution in [0.25, 0.3) is 0 Å². The second-order valence-corrected chi connectivity index (χ2v) is 16.9. The van der Waals surface area contributed by atoms with Crippen molar-refractivity contribution in [3.05, 3.63) is 0 Å². The summed E-state index contributed by atoms with van der Waals surface area (Å²) in [6.45, 7) is 15.4. The van der Waals surface area contributed by atoms with Crippen LogP contribution < -0.4 is 0 Å². The van der Waals surface area contributed by atoms with E-state index in [0.29, 0.717) is 31.5 Å². The van der Waals surface area contributed by atoms with Crippen molar-refractivity contribution in [1.29, 1.82) is 0 Å². The number of aliphatic hydroxyl groups excluding tert-OH is 1. The maximum Gasteiger partial charge on any atom is 0.305 e. The summed E-state index contributed by atoms with van der Waals surface area (Å²) in [5.74, 6) is 0.821. The first-order valence-corrected chi connectivity index (χ1v) is 21.8. The van der Waals surface area contributed by atoms with E-state index >= 15 is 0 Å². The van der Waals surface area contributed by atoms with Gasteiger partial charge >= 0.3 is 11.9 Å². The van der Waals surface area contributed by atoms with Gasteiger partial charge in [-0.3, -0.25) is 9.59 Å². The minimum absolute atomic E-state index is 0.00196. The number of rotatable bonds is 37. The van der Waals surface area contributed by atoms with Crippen molar-refractivity contribution in [3.63, 3.8) is 0 Å². The van der Waals surface area contributed by atoms with E-state index in [9.17, 15) is 14.7 Å². The Morgan fingerprint density at radius 3 is 1.86 bits per heavy atom. The van der Waals surface area contributed by atoms with E-state index in [1.807, 2.05) is 0 Å². The van der Waals surface area contributed by atoms with Gasteiger partial charge in [0.05, 0.1) is 19.8 Å². The molecule has 6 heteroatoms. The van der Waals surface area contributed by atoms with Crippen molar-refractivity contribution in [3.8, 4) is 0 Å². The zero-order valence-corrected chi connectivity index (χ0v) is 34.1. The number of carbonyl (C=O) groups excluding carboxylic acids is 2. The zero-order chi connectivity index (χ0) is 36.8. The highest BCUT2D eigenvalue weighted by atomic mass is 16.5. The molecule has 1 N–H and O–H groups in total. The fourth-order valence-electron chi connectivity index (χ4n) is 7.46. The Hall–Kier alpha value is -1.14. The molecular formula is C44H85NO5. The van der Waals surface area contributed by atoms with Crippen LogP contribution >= 0.6 is 0 Å². The number of hydrogen-bond acceptors (Lipinski definition) is 6. The number of esters is 2. The van der Waals surface area contributed by atoms with E-state index in [1.54, 1.807) is 0 Å². The van der Waals surface area contributed by atoms with Crippen molar-refractivity contribution in [2.75, 3.05) is 39.5 Å². The molecule has 0 atom stereocenters. The third kappa shape index (κ3) is 26.6. The van der Waals surface area contributed by atoms with Crippen molar-refractivity contribution < 1.29 is 24.2 Å². The van der Waals surface area contributed by atoms with E-state index in [0.717, 1.165) is 83.3 Å². The predicted octanol–water partition coefficient (Wildman–Crippen LogP) is 12.0. The Morgan fingerprint density at radius 2 is 1.22 bits per heavy atom. The van der Waals surface area contributed by atoms with E-state index in [4.69, 9.17) is 9.47 Å². The summed E-state index contributed by atoms with van der Waals surface area (Å²) >= 11 is 0. The molecule has 1 aliphatic carbocycles. The van der Waals surface area contributed by atoms with Crippen molar-refractivity contribution >= 4 is 11.9 Å². The molecule has 0 aromatic carbocycles. The van der Waals surface area contributed by atoms with Gasteiger partial charge in [-0.2, -0.15) is 0 Å². The summed E-state index contributed by atoms with van der Waals surface area (Å²) in [6.07, 6.45) is 32.6. The molecule has 0 aromatic rings. The molecular weight excluding hydrogens is 622 g/mol. The third-order valence-corrected chi connectivity index (χ3v) is 11.3. The predicted molar refractivity (Wildman–Crippen MR) is 211 cm³/mol. The smallest absolute Gasteiger partial charge is 0.305 e. The summed E-state index contributed by atoms with van der Waals surface area (Å²) in [5, 5.41) is 9.63. The Kier molecular flexibility index (Phi) is 28.4. The summed E-state index contributed by atoms with van der Waals surface area (Å²) in [6, 6.07) is 0. The number of nitrogens with zero attached hydrogens (tertiary/aromatic N) is 1. The lowest BCUT2D eigenvalue weighted by Crippen LogP contribution is -2.29. The Bertz CT molecular complexity index is 802. The van der Waals surface area contributed by atoms with Crippen LogP contribution in [0.3, 0.4) is 0 Å². The molecule has 0 unspecified atom stereocenters. The highest BCUT2D eigenvalue weighted by molar-refractivity contribution is 5.69. The molecule has 0 spiro atoms. The fraction of sp³-hybridized carbons (Fsp3) is 0.955. The Balaban J connectivity index is 2.13. The van der Waals surface area contributed by atoms with Gasteiger partial charge in [0, 0.05) is 19.4 Å². The zero-order valence-electron chi connectivity index (χ0n) is 34.1. The minimum Gasteiger partial charge on any atom is -0.466 e. The van der Waals surface area contributed by atoms with Crippen LogP contribution in [0.4, 0.5) is 0 Å². The van der Waals surface area contributed by atoms with E-state index < -0.39 is 0 Å². The number of carbonyl (C=O) groups is 2. The largest absolute Gasteiger partial charge is 0.466 e. The maximum absolute atomic E-state index is 12.5. The standard InChI is InChI=1S/C44H85NO5/c1-6-9-12-13-14-15-17-27-41(47)50-39-43(4,5)29-19-16-21-34-45(36-37-46)35-22-20-30-44(32-33-44)31-28-42(48)49-38-23-18-26-40(24-10-7-2)25-11-8-3/h40,46H,6-39H2,1-5H3. The molecule has 0 radical (unpaired) electrons. The SMILES string of the molecule is CCCCCCCCCC(=O)OCC(C)(C)CCCCCN(CCO)CCCCC1(CCC(=O)OCCCCC(CCCC)CCCC)CC1. The van der Waals surface area contributed by atoms with Crippen molar-refractivity contribution in [2.45, 2.75) is 214 Å². The normalized spacial score (nSPS) is 14.1. The van der Waals surface area contributed by atoms with Gasteiger partial charge in [0.25, 0.3) is 0 Å². The van der Waals surface area contributed by atoms with E-state index in [-0.39, 0.29) is 24.0 Å². The molecule has 1 fully saturated rings. The molecule has 0 heterocycles. The van der Waals surface area contributed by atoms with Crippen molar-refractivity contribution in [2.24, 2.45) is 16.7 Å². The topological polar surface area (TPSA) is 76.1 Å². The highest BCUT2D eigenvalue weighted by Crippen LogP contribution is 2.53. The summed E-state index contributed by atoms with van der Waals surface area (Å²) < 4.78 is 11.3. The quantitative estimate of drug-likeness (QED) is 0.0512. The van der Waals surface area contributed by atoms with E-state index in [2.05, 4.69) is 39.5 Å². The molecule has 6 nitrogen and oxygen atoms in total. The average Bonchev–Trinajstić information content (AvgIpc) is 3.88. The van der Waals surface area contributed by atoms with Gasteiger partial charge in [-0.25, -0.2) is 0 Å². The molecule has 0 aromatic heterocycles. The first-order valence-electron chi connectivity index (χ1n) is 21.8. The van der Waals surface area contributed by atoms with Crippen LogP contribution in [0, 0.1) is 16.7 Å². The highest BCUT2D eigenvalue weighted by Gasteiger charge is 2.41. The maximum atomic E-state index is 12.5. The van der Waals surface area contributed by atoms with Gasteiger partial charge in [0.1, 0.15) is 0 Å². The molecule has 1 saturated carbocycles. The van der Waals surface area contributed by atoms with Gasteiger partial charge in [-0.1, -0.05) is 137 Å². The molecule has 0 bridgehead atoms. The second kappa shape index (κ2) is 30.3. The van der Waals surface area contributed by atoms with Crippen LogP contribution in [-0.2, 0) is 19.1 Å². The van der Waals surface area contributed by atoms with E-state index in [1.165, 1.54) is 109 Å². The molecule has 0 amide bonds. The third-order valence-electron chi connectivity index (χ3n) is 11.3. The summed E-state index contributed by atoms with van der Waals surface area (Å²) in [4.78, 5) is 27.1. The van der Waals surface area contributed by atoms with Crippen LogP contribution in [-0.4, -0.2) is 61.4 Å². The number of ether oxygens (including phenoxy) is 2. The lowest BCUT2D eigenvalue weighted by molar-refractivity contribution is -0.147.